The fourth-order valence-electron chi connectivity index (χ4n) is 6.40. The second-order valence-corrected chi connectivity index (χ2v) is 10.3. The molecule has 0 fully saturated rings. The topological polar surface area (TPSA) is 35.6 Å². The quantitative estimate of drug-likeness (QED) is 0.233. The summed E-state index contributed by atoms with van der Waals surface area (Å²) in [6.07, 6.45) is 1.92. The molecule has 0 bridgehead atoms. The number of aromatic nitrogens is 4. The van der Waals surface area contributed by atoms with Crippen molar-refractivity contribution >= 4 is 65.3 Å². The van der Waals surface area contributed by atoms with Gasteiger partial charge in [-0.25, -0.2) is 9.97 Å². The second kappa shape index (κ2) is 8.01. The van der Waals surface area contributed by atoms with Gasteiger partial charge in [-0.2, -0.15) is 0 Å². The molecule has 9 rings (SSSR count). The largest absolute Gasteiger partial charge is 0.309 e. The van der Waals surface area contributed by atoms with E-state index in [1.165, 1.54) is 43.4 Å². The highest BCUT2D eigenvalue weighted by Gasteiger charge is 2.19. The van der Waals surface area contributed by atoms with Crippen LogP contribution in [0.15, 0.2) is 134 Å². The van der Waals surface area contributed by atoms with Gasteiger partial charge in [0.15, 0.2) is 0 Å². The third-order valence-electron chi connectivity index (χ3n) is 8.15. The Bertz CT molecular complexity index is 2390. The first kappa shape index (κ1) is 21.5. The number of nitrogens with zero attached hydrogens (tertiary/aromatic N) is 4. The average molecular weight is 511 g/mol. The van der Waals surface area contributed by atoms with Crippen molar-refractivity contribution in [1.82, 2.24) is 19.1 Å². The number of benzene rings is 6. The lowest BCUT2D eigenvalue weighted by Gasteiger charge is -2.10. The summed E-state index contributed by atoms with van der Waals surface area (Å²) < 4.78 is 4.59. The van der Waals surface area contributed by atoms with Gasteiger partial charge in [0, 0.05) is 38.8 Å². The lowest BCUT2D eigenvalue weighted by molar-refractivity contribution is 1.01. The van der Waals surface area contributed by atoms with Crippen LogP contribution in [0.1, 0.15) is 0 Å². The summed E-state index contributed by atoms with van der Waals surface area (Å²) in [4.78, 5) is 9.83. The van der Waals surface area contributed by atoms with E-state index in [4.69, 9.17) is 9.97 Å². The smallest absolute Gasteiger partial charge is 0.235 e. The third kappa shape index (κ3) is 2.90. The summed E-state index contributed by atoms with van der Waals surface area (Å²) in [5.74, 6) is 0.679. The fourth-order valence-corrected chi connectivity index (χ4v) is 6.40. The van der Waals surface area contributed by atoms with Crippen LogP contribution in [-0.4, -0.2) is 19.1 Å². The molecule has 186 valence electrons. The SMILES string of the molecule is c1ccc2nc(-n3c4ccc(-n5c6ccccc6c6ccccc65)cc4c4c5ccccc5ccc43)ncc2c1. The third-order valence-corrected chi connectivity index (χ3v) is 8.15. The van der Waals surface area contributed by atoms with Crippen LogP contribution in [0.2, 0.25) is 0 Å². The van der Waals surface area contributed by atoms with Crippen LogP contribution in [0.3, 0.4) is 0 Å². The highest BCUT2D eigenvalue weighted by atomic mass is 15.2. The molecule has 40 heavy (non-hydrogen) atoms. The molecule has 0 saturated carbocycles. The molecular weight excluding hydrogens is 488 g/mol. The van der Waals surface area contributed by atoms with E-state index in [0.29, 0.717) is 5.95 Å². The van der Waals surface area contributed by atoms with E-state index >= 15 is 0 Å². The molecule has 0 spiro atoms. The maximum absolute atomic E-state index is 5.00. The Labute approximate surface area is 229 Å². The summed E-state index contributed by atoms with van der Waals surface area (Å²) >= 11 is 0. The first-order chi connectivity index (χ1) is 19.8. The summed E-state index contributed by atoms with van der Waals surface area (Å²) in [6, 6.07) is 45.3. The summed E-state index contributed by atoms with van der Waals surface area (Å²) in [5, 5.41) is 8.40. The van der Waals surface area contributed by atoms with E-state index in [9.17, 15) is 0 Å². The van der Waals surface area contributed by atoms with Gasteiger partial charge < -0.3 is 4.57 Å². The normalized spacial score (nSPS) is 12.0. The lowest BCUT2D eigenvalue weighted by atomic mass is 10.0. The van der Waals surface area contributed by atoms with Crippen molar-refractivity contribution in [1.29, 1.82) is 0 Å². The Morgan fingerprint density at radius 2 is 1.07 bits per heavy atom. The molecule has 0 radical (unpaired) electrons. The standard InChI is InChI=1S/C36H22N4/c1-3-11-26-23(9-1)17-19-34-35(26)29-21-25(39-31-15-7-4-12-27(31)28-13-5-8-16-32(28)39)18-20-33(29)40(34)36-37-22-24-10-2-6-14-30(24)38-36/h1-22H. The molecule has 0 atom stereocenters. The zero-order chi connectivity index (χ0) is 26.2. The molecule has 0 aliphatic carbocycles. The molecule has 0 aliphatic rings. The van der Waals surface area contributed by atoms with Gasteiger partial charge in [-0.05, 0) is 53.2 Å². The zero-order valence-electron chi connectivity index (χ0n) is 21.5. The number of para-hydroxylation sites is 3. The summed E-state index contributed by atoms with van der Waals surface area (Å²) in [5.41, 5.74) is 6.67. The molecule has 9 aromatic rings. The van der Waals surface area contributed by atoms with Crippen LogP contribution < -0.4 is 0 Å². The van der Waals surface area contributed by atoms with Crippen LogP contribution in [0.5, 0.6) is 0 Å². The van der Waals surface area contributed by atoms with Crippen LogP contribution in [0.4, 0.5) is 0 Å². The Balaban J connectivity index is 1.42. The van der Waals surface area contributed by atoms with E-state index in [1.807, 2.05) is 24.4 Å². The van der Waals surface area contributed by atoms with E-state index in [2.05, 4.69) is 118 Å². The minimum atomic E-state index is 0.679. The number of fused-ring (bicyclic) bond motifs is 9. The summed E-state index contributed by atoms with van der Waals surface area (Å²) in [7, 11) is 0. The van der Waals surface area contributed by atoms with Gasteiger partial charge in [0.25, 0.3) is 0 Å². The van der Waals surface area contributed by atoms with Crippen molar-refractivity contribution in [2.75, 3.05) is 0 Å². The Morgan fingerprint density at radius 3 is 1.88 bits per heavy atom. The van der Waals surface area contributed by atoms with Crippen molar-refractivity contribution in [2.45, 2.75) is 0 Å². The fraction of sp³-hybridized carbons (Fsp3) is 0. The zero-order valence-corrected chi connectivity index (χ0v) is 21.5. The van der Waals surface area contributed by atoms with Gasteiger partial charge in [-0.3, -0.25) is 4.57 Å². The molecule has 6 aromatic carbocycles. The van der Waals surface area contributed by atoms with Crippen molar-refractivity contribution in [3.8, 4) is 11.6 Å². The van der Waals surface area contributed by atoms with Gasteiger partial charge in [0.2, 0.25) is 5.95 Å². The van der Waals surface area contributed by atoms with E-state index < -0.39 is 0 Å². The van der Waals surface area contributed by atoms with Crippen molar-refractivity contribution < 1.29 is 0 Å². The summed E-state index contributed by atoms with van der Waals surface area (Å²) in [6.45, 7) is 0. The van der Waals surface area contributed by atoms with Crippen LogP contribution in [-0.2, 0) is 0 Å². The first-order valence-electron chi connectivity index (χ1n) is 13.5. The van der Waals surface area contributed by atoms with Gasteiger partial charge >= 0.3 is 0 Å². The number of hydrogen-bond donors (Lipinski definition) is 0. The molecule has 0 unspecified atom stereocenters. The molecule has 0 amide bonds. The Kier molecular flexibility index (Phi) is 4.30. The molecular formula is C36H22N4. The van der Waals surface area contributed by atoms with Gasteiger partial charge in [-0.1, -0.05) is 84.9 Å². The molecule has 4 heteroatoms. The van der Waals surface area contributed by atoms with Crippen molar-refractivity contribution in [2.24, 2.45) is 0 Å². The molecule has 3 heterocycles. The van der Waals surface area contributed by atoms with Crippen molar-refractivity contribution in [3.63, 3.8) is 0 Å². The maximum atomic E-state index is 5.00. The van der Waals surface area contributed by atoms with Crippen LogP contribution >= 0.6 is 0 Å². The first-order valence-corrected chi connectivity index (χ1v) is 13.5. The maximum Gasteiger partial charge on any atom is 0.235 e. The van der Waals surface area contributed by atoms with Gasteiger partial charge in [0.05, 0.1) is 27.6 Å². The predicted molar refractivity (Wildman–Crippen MR) is 166 cm³/mol. The van der Waals surface area contributed by atoms with Gasteiger partial charge in [-0.15, -0.1) is 0 Å². The van der Waals surface area contributed by atoms with E-state index in [1.54, 1.807) is 0 Å². The van der Waals surface area contributed by atoms with Crippen LogP contribution in [0, 0.1) is 0 Å². The molecule has 0 N–H and O–H groups in total. The molecule has 3 aromatic heterocycles. The van der Waals surface area contributed by atoms with E-state index in [-0.39, 0.29) is 0 Å². The van der Waals surface area contributed by atoms with Crippen molar-refractivity contribution in [3.05, 3.63) is 134 Å². The monoisotopic (exact) mass is 510 g/mol. The minimum Gasteiger partial charge on any atom is -0.309 e. The predicted octanol–water partition coefficient (Wildman–Crippen LogP) is 8.98. The second-order valence-electron chi connectivity index (χ2n) is 10.3. The van der Waals surface area contributed by atoms with E-state index in [0.717, 1.165) is 27.6 Å². The molecule has 4 nitrogen and oxygen atoms in total. The number of hydrogen-bond acceptors (Lipinski definition) is 2. The highest BCUT2D eigenvalue weighted by molar-refractivity contribution is 6.21. The lowest BCUT2D eigenvalue weighted by Crippen LogP contribution is -2.01. The van der Waals surface area contributed by atoms with Crippen LogP contribution in [0.25, 0.3) is 76.9 Å². The number of rotatable bonds is 2. The Morgan fingerprint density at radius 1 is 0.450 bits per heavy atom. The Hall–Kier alpha value is -5.48. The molecule has 0 aliphatic heterocycles. The highest BCUT2D eigenvalue weighted by Crippen LogP contribution is 2.39. The van der Waals surface area contributed by atoms with Gasteiger partial charge in [0.1, 0.15) is 0 Å². The average Bonchev–Trinajstić information content (AvgIpc) is 3.53. The minimum absolute atomic E-state index is 0.679. The molecule has 0 saturated heterocycles.